The van der Waals surface area contributed by atoms with Crippen molar-refractivity contribution in [3.8, 4) is 0 Å². The number of hydrogen-bond acceptors (Lipinski definition) is 0. The molecular weight excluding hydrogens is 337 g/mol. The zero-order chi connectivity index (χ0) is 10.1. The molecule has 0 aliphatic heterocycles. The quantitative estimate of drug-likeness (QED) is 0.671. The summed E-state index contributed by atoms with van der Waals surface area (Å²) in [5.74, 6) is 1.39. The summed E-state index contributed by atoms with van der Waals surface area (Å²) in [5, 5.41) is 0. The Morgan fingerprint density at radius 3 is 2.31 bits per heavy atom. The van der Waals surface area contributed by atoms with E-state index in [1.165, 1.54) is 30.8 Å². The standard InChI is InChI=1S/C10H15.2FH.Hf/c1-3-4-5-10-7-6-9(2)8-10;;;/h6-8H,3-5H2,1-2H3;2*1H;/q;;;+2/p-2. The van der Waals surface area contributed by atoms with E-state index >= 15 is 0 Å². The summed E-state index contributed by atoms with van der Waals surface area (Å²) in [5.41, 5.74) is 1.50. The first-order valence-electron chi connectivity index (χ1n) is 4.43. The van der Waals surface area contributed by atoms with Crippen molar-refractivity contribution in [3.63, 3.8) is 0 Å². The summed E-state index contributed by atoms with van der Waals surface area (Å²) in [6.07, 6.45) is 10.6. The van der Waals surface area contributed by atoms with Gasteiger partial charge in [0, 0.05) is 5.92 Å². The molecule has 0 aromatic carbocycles. The van der Waals surface area contributed by atoms with Gasteiger partial charge in [0.05, 0.1) is 0 Å². The molecular formula is C10H15F2Hf. The van der Waals surface area contributed by atoms with Crippen molar-refractivity contribution >= 4 is 0 Å². The topological polar surface area (TPSA) is 0 Å². The fourth-order valence-electron chi connectivity index (χ4n) is 1.16. The molecule has 0 atom stereocenters. The normalized spacial score (nSPS) is 14.9. The molecule has 0 N–H and O–H groups in total. The average Bonchev–Trinajstić information content (AvgIpc) is 2.49. The molecule has 0 saturated heterocycles. The fraction of sp³-hybridized carbons (Fsp3) is 0.500. The van der Waals surface area contributed by atoms with Crippen molar-refractivity contribution in [2.45, 2.75) is 33.1 Å². The molecule has 0 unspecified atom stereocenters. The molecule has 1 rings (SSSR count). The maximum absolute atomic E-state index is 9.82. The Labute approximate surface area is 92.2 Å². The Bertz CT molecular complexity index is 176. The monoisotopic (exact) mass is 353 g/mol. The number of allylic oxidation sites excluding steroid dienone is 4. The van der Waals surface area contributed by atoms with E-state index in [1.54, 1.807) is 0 Å². The van der Waals surface area contributed by atoms with Crippen LogP contribution in [0.2, 0.25) is 0 Å². The minimum atomic E-state index is -2.92. The van der Waals surface area contributed by atoms with E-state index in [0.717, 1.165) is 0 Å². The number of unbranched alkanes of at least 4 members (excludes halogenated alkanes) is 1. The van der Waals surface area contributed by atoms with Gasteiger partial charge in [-0.1, -0.05) is 44.1 Å². The SMILES string of the molecule is CCCCC1=C[C](C)C=C1.[F][Hf][F]. The fourth-order valence-corrected chi connectivity index (χ4v) is 1.16. The molecule has 0 bridgehead atoms. The zero-order valence-corrected chi connectivity index (χ0v) is 11.7. The molecule has 0 amide bonds. The van der Waals surface area contributed by atoms with Crippen LogP contribution in [0.1, 0.15) is 33.1 Å². The van der Waals surface area contributed by atoms with Gasteiger partial charge in [0.15, 0.2) is 0 Å². The van der Waals surface area contributed by atoms with E-state index in [-0.39, 0.29) is 0 Å². The van der Waals surface area contributed by atoms with Crippen molar-refractivity contribution in [2.24, 2.45) is 0 Å². The molecule has 0 saturated carbocycles. The Hall–Kier alpha value is 0.210. The van der Waals surface area contributed by atoms with Crippen LogP contribution in [0.4, 0.5) is 5.33 Å². The molecule has 13 heavy (non-hydrogen) atoms. The molecule has 3 heteroatoms. The van der Waals surface area contributed by atoms with Gasteiger partial charge in [0.2, 0.25) is 0 Å². The summed E-state index contributed by atoms with van der Waals surface area (Å²) in [4.78, 5) is 0. The molecule has 0 aromatic rings. The van der Waals surface area contributed by atoms with Crippen molar-refractivity contribution in [1.29, 1.82) is 0 Å². The molecule has 0 fully saturated rings. The van der Waals surface area contributed by atoms with E-state index in [2.05, 4.69) is 32.1 Å². The van der Waals surface area contributed by atoms with Gasteiger partial charge in [-0.05, 0) is 12.8 Å². The number of rotatable bonds is 3. The Morgan fingerprint density at radius 1 is 1.31 bits per heavy atom. The van der Waals surface area contributed by atoms with Crippen LogP contribution in [-0.4, -0.2) is 0 Å². The Balaban J connectivity index is 0.000000424. The van der Waals surface area contributed by atoms with E-state index in [0.29, 0.717) is 0 Å². The molecule has 0 spiro atoms. The summed E-state index contributed by atoms with van der Waals surface area (Å²) in [7, 11) is 0. The van der Waals surface area contributed by atoms with Gasteiger partial charge in [-0.3, -0.25) is 0 Å². The van der Waals surface area contributed by atoms with E-state index in [9.17, 15) is 5.33 Å². The molecule has 73 valence electrons. The van der Waals surface area contributed by atoms with Gasteiger partial charge in [-0.25, -0.2) is 0 Å². The second-order valence-corrected chi connectivity index (χ2v) is 3.48. The van der Waals surface area contributed by atoms with Crippen LogP contribution in [0.25, 0.3) is 0 Å². The summed E-state index contributed by atoms with van der Waals surface area (Å²) in [6.45, 7) is 4.38. The van der Waals surface area contributed by atoms with Crippen molar-refractivity contribution < 1.29 is 29.4 Å². The van der Waals surface area contributed by atoms with Crippen molar-refractivity contribution in [3.05, 3.63) is 29.7 Å². The first-order chi connectivity index (χ1) is 6.24. The van der Waals surface area contributed by atoms with Crippen molar-refractivity contribution in [1.82, 2.24) is 0 Å². The minimum absolute atomic E-state index is 1.25. The summed E-state index contributed by atoms with van der Waals surface area (Å²) in [6, 6.07) is 0. The third-order valence-electron chi connectivity index (χ3n) is 1.79. The van der Waals surface area contributed by atoms with E-state index in [4.69, 9.17) is 0 Å². The van der Waals surface area contributed by atoms with Crippen LogP contribution < -0.4 is 0 Å². The molecule has 0 heterocycles. The first kappa shape index (κ1) is 13.2. The summed E-state index contributed by atoms with van der Waals surface area (Å²) < 4.78 is 19.6. The van der Waals surface area contributed by atoms with E-state index in [1.807, 2.05) is 0 Å². The van der Waals surface area contributed by atoms with Crippen molar-refractivity contribution in [2.75, 3.05) is 0 Å². The van der Waals surface area contributed by atoms with Gasteiger partial charge < -0.3 is 0 Å². The van der Waals surface area contributed by atoms with Crippen LogP contribution >= 0.6 is 0 Å². The van der Waals surface area contributed by atoms with Crippen LogP contribution in [-0.2, 0) is 24.1 Å². The van der Waals surface area contributed by atoms with Crippen LogP contribution in [0.3, 0.4) is 0 Å². The predicted octanol–water partition coefficient (Wildman–Crippen LogP) is 4.11. The van der Waals surface area contributed by atoms with Gasteiger partial charge >= 0.3 is 29.4 Å². The van der Waals surface area contributed by atoms with Gasteiger partial charge in [0.1, 0.15) is 0 Å². The maximum atomic E-state index is 9.82. The molecule has 0 aromatic heterocycles. The summed E-state index contributed by atoms with van der Waals surface area (Å²) >= 11 is -2.92. The van der Waals surface area contributed by atoms with E-state index < -0.39 is 24.1 Å². The Kier molecular flexibility index (Phi) is 8.93. The van der Waals surface area contributed by atoms with Crippen LogP contribution in [0.5, 0.6) is 0 Å². The first-order valence-corrected chi connectivity index (χ1v) is 7.14. The van der Waals surface area contributed by atoms with Gasteiger partial charge in [-0.2, -0.15) is 0 Å². The molecule has 1 aliphatic carbocycles. The second-order valence-electron chi connectivity index (χ2n) is 2.97. The van der Waals surface area contributed by atoms with Crippen LogP contribution in [0.15, 0.2) is 23.8 Å². The average molecular weight is 352 g/mol. The second kappa shape index (κ2) is 8.79. The molecule has 0 nitrogen and oxygen atoms in total. The number of halogens is 2. The van der Waals surface area contributed by atoms with Gasteiger partial charge in [-0.15, -0.1) is 0 Å². The molecule has 1 radical (unpaired) electrons. The predicted molar refractivity (Wildman–Crippen MR) is 47.9 cm³/mol. The van der Waals surface area contributed by atoms with Gasteiger partial charge in [0.25, 0.3) is 0 Å². The number of hydrogen-bond donors (Lipinski definition) is 0. The molecule has 1 aliphatic rings. The third-order valence-corrected chi connectivity index (χ3v) is 1.79. The zero-order valence-electron chi connectivity index (χ0n) is 8.11. The Morgan fingerprint density at radius 2 is 1.92 bits per heavy atom. The van der Waals surface area contributed by atoms with Crippen LogP contribution in [0, 0.1) is 5.92 Å². The third kappa shape index (κ3) is 7.29.